The van der Waals surface area contributed by atoms with Gasteiger partial charge >= 0.3 is 0 Å². The van der Waals surface area contributed by atoms with Gasteiger partial charge in [-0.05, 0) is 44.2 Å². The highest BCUT2D eigenvalue weighted by atomic mass is 35.5. The first-order valence-electron chi connectivity index (χ1n) is 8.83. The molecular formula is C18H29ClN2O5S. The number of ether oxygens (including phenoxy) is 2. The Labute approximate surface area is 167 Å². The fourth-order valence-electron chi connectivity index (χ4n) is 2.89. The van der Waals surface area contributed by atoms with E-state index in [0.717, 1.165) is 37.5 Å². The third kappa shape index (κ3) is 7.94. The molecule has 1 aromatic rings. The quantitative estimate of drug-likeness (QED) is 0.630. The molecule has 2 rings (SSSR count). The van der Waals surface area contributed by atoms with Gasteiger partial charge in [0, 0.05) is 24.4 Å². The molecule has 7 nitrogen and oxygen atoms in total. The molecule has 1 aliphatic rings. The number of halogens is 1. The molecule has 9 heteroatoms. The summed E-state index contributed by atoms with van der Waals surface area (Å²) in [5.74, 6) is 0.899. The predicted molar refractivity (Wildman–Crippen MR) is 107 cm³/mol. The fourth-order valence-corrected chi connectivity index (χ4v) is 3.57. The average molecular weight is 421 g/mol. The molecular weight excluding hydrogens is 392 g/mol. The molecule has 1 amide bonds. The normalized spacial score (nSPS) is 15.7. The number of hydrogen-bond donors (Lipinski definition) is 2. The van der Waals surface area contributed by atoms with Crippen LogP contribution in [0.3, 0.4) is 0 Å². The van der Waals surface area contributed by atoms with Crippen LogP contribution in [0.5, 0.6) is 11.5 Å². The lowest BCUT2D eigenvalue weighted by Crippen LogP contribution is -2.41. The highest BCUT2D eigenvalue weighted by Crippen LogP contribution is 2.30. The van der Waals surface area contributed by atoms with Crippen molar-refractivity contribution in [3.8, 4) is 11.5 Å². The van der Waals surface area contributed by atoms with Gasteiger partial charge in [0.2, 0.25) is 5.91 Å². The molecule has 0 radical (unpaired) electrons. The molecule has 1 aromatic carbocycles. The van der Waals surface area contributed by atoms with Crippen molar-refractivity contribution in [3.05, 3.63) is 23.8 Å². The molecule has 1 atom stereocenters. The summed E-state index contributed by atoms with van der Waals surface area (Å²) in [6.45, 7) is 0.261. The number of hydrogen-bond acceptors (Lipinski definition) is 6. The van der Waals surface area contributed by atoms with Crippen molar-refractivity contribution in [2.24, 2.45) is 5.73 Å². The van der Waals surface area contributed by atoms with Crippen molar-refractivity contribution in [2.45, 2.75) is 50.8 Å². The van der Waals surface area contributed by atoms with Gasteiger partial charge in [-0.3, -0.25) is 4.79 Å². The zero-order valence-electron chi connectivity index (χ0n) is 15.8. The van der Waals surface area contributed by atoms with Crippen molar-refractivity contribution in [1.29, 1.82) is 0 Å². The Morgan fingerprint density at radius 1 is 1.33 bits per heavy atom. The number of sulfone groups is 1. The molecule has 0 heterocycles. The summed E-state index contributed by atoms with van der Waals surface area (Å²) in [5.41, 5.74) is 6.61. The maximum atomic E-state index is 12.1. The largest absolute Gasteiger partial charge is 0.497 e. The lowest BCUT2D eigenvalue weighted by molar-refractivity contribution is -0.122. The van der Waals surface area contributed by atoms with Gasteiger partial charge in [0.25, 0.3) is 0 Å². The molecule has 3 N–H and O–H groups in total. The van der Waals surface area contributed by atoms with E-state index in [1.165, 1.54) is 0 Å². The second kappa shape index (κ2) is 10.7. The SMILES string of the molecule is COc1ccc(CNC(=O)C(N)CCS(C)(=O)=O)c(OC2CCCC2)c1.Cl. The Morgan fingerprint density at radius 3 is 2.59 bits per heavy atom. The van der Waals surface area contributed by atoms with Gasteiger partial charge in [-0.25, -0.2) is 8.42 Å². The van der Waals surface area contributed by atoms with Gasteiger partial charge in [-0.1, -0.05) is 0 Å². The molecule has 0 saturated heterocycles. The topological polar surface area (TPSA) is 108 Å². The number of nitrogens with two attached hydrogens (primary N) is 1. The van der Waals surface area contributed by atoms with Crippen LogP contribution in [-0.4, -0.2) is 45.6 Å². The number of amides is 1. The zero-order chi connectivity index (χ0) is 19.2. The average Bonchev–Trinajstić information content (AvgIpc) is 3.10. The van der Waals surface area contributed by atoms with Crippen LogP contribution in [-0.2, 0) is 21.2 Å². The van der Waals surface area contributed by atoms with E-state index in [9.17, 15) is 13.2 Å². The molecule has 0 aliphatic heterocycles. The van der Waals surface area contributed by atoms with Crippen molar-refractivity contribution in [1.82, 2.24) is 5.32 Å². The van der Waals surface area contributed by atoms with E-state index in [4.69, 9.17) is 15.2 Å². The molecule has 154 valence electrons. The molecule has 1 aliphatic carbocycles. The molecule has 1 saturated carbocycles. The van der Waals surface area contributed by atoms with Crippen molar-refractivity contribution in [3.63, 3.8) is 0 Å². The van der Waals surface area contributed by atoms with Crippen molar-refractivity contribution in [2.75, 3.05) is 19.1 Å². The lowest BCUT2D eigenvalue weighted by Gasteiger charge is -2.18. The predicted octanol–water partition coefficient (Wildman–Crippen LogP) is 1.82. The van der Waals surface area contributed by atoms with E-state index in [0.29, 0.717) is 11.5 Å². The van der Waals surface area contributed by atoms with Crippen LogP contribution in [0.2, 0.25) is 0 Å². The van der Waals surface area contributed by atoms with E-state index in [2.05, 4.69) is 5.32 Å². The second-order valence-corrected chi connectivity index (χ2v) is 9.00. The van der Waals surface area contributed by atoms with Gasteiger partial charge in [-0.15, -0.1) is 12.4 Å². The maximum absolute atomic E-state index is 12.1. The maximum Gasteiger partial charge on any atom is 0.237 e. The summed E-state index contributed by atoms with van der Waals surface area (Å²) in [5, 5.41) is 2.76. The number of rotatable bonds is 9. The molecule has 0 bridgehead atoms. The number of nitrogens with one attached hydrogen (secondary N) is 1. The van der Waals surface area contributed by atoms with E-state index in [1.54, 1.807) is 7.11 Å². The minimum Gasteiger partial charge on any atom is -0.497 e. The van der Waals surface area contributed by atoms with E-state index < -0.39 is 15.9 Å². The summed E-state index contributed by atoms with van der Waals surface area (Å²) >= 11 is 0. The molecule has 1 fully saturated rings. The zero-order valence-corrected chi connectivity index (χ0v) is 17.4. The van der Waals surface area contributed by atoms with Gasteiger partial charge in [0.1, 0.15) is 21.3 Å². The van der Waals surface area contributed by atoms with E-state index in [1.807, 2.05) is 18.2 Å². The molecule has 1 unspecified atom stereocenters. The van der Waals surface area contributed by atoms with Gasteiger partial charge in [0.05, 0.1) is 25.0 Å². The van der Waals surface area contributed by atoms with E-state index in [-0.39, 0.29) is 43.1 Å². The summed E-state index contributed by atoms with van der Waals surface area (Å²) in [7, 11) is -1.55. The highest BCUT2D eigenvalue weighted by Gasteiger charge is 2.20. The summed E-state index contributed by atoms with van der Waals surface area (Å²) in [6.07, 6.45) is 5.79. The third-order valence-corrected chi connectivity index (χ3v) is 5.44. The number of carbonyl (C=O) groups is 1. The van der Waals surface area contributed by atoms with Crippen molar-refractivity contribution >= 4 is 28.2 Å². The van der Waals surface area contributed by atoms with Crippen LogP contribution in [0.25, 0.3) is 0 Å². The molecule has 0 aromatic heterocycles. The Bertz CT molecular complexity index is 720. The number of methoxy groups -OCH3 is 1. The lowest BCUT2D eigenvalue weighted by atomic mass is 10.1. The van der Waals surface area contributed by atoms with E-state index >= 15 is 0 Å². The van der Waals surface area contributed by atoms with Crippen LogP contribution in [0.1, 0.15) is 37.7 Å². The second-order valence-electron chi connectivity index (χ2n) is 6.74. The Kier molecular flexibility index (Phi) is 9.35. The van der Waals surface area contributed by atoms with Crippen LogP contribution in [0.15, 0.2) is 18.2 Å². The molecule has 27 heavy (non-hydrogen) atoms. The first kappa shape index (κ1) is 23.5. The van der Waals surface area contributed by atoms with Crippen molar-refractivity contribution < 1.29 is 22.7 Å². The van der Waals surface area contributed by atoms with Gasteiger partial charge < -0.3 is 20.5 Å². The Morgan fingerprint density at radius 2 is 2.00 bits per heavy atom. The number of benzene rings is 1. The van der Waals surface area contributed by atoms with Crippen LogP contribution in [0, 0.1) is 0 Å². The fraction of sp³-hybridized carbons (Fsp3) is 0.611. The third-order valence-electron chi connectivity index (χ3n) is 4.46. The smallest absolute Gasteiger partial charge is 0.237 e. The summed E-state index contributed by atoms with van der Waals surface area (Å²) in [4.78, 5) is 12.1. The highest BCUT2D eigenvalue weighted by molar-refractivity contribution is 7.90. The first-order valence-corrected chi connectivity index (χ1v) is 10.9. The van der Waals surface area contributed by atoms with Gasteiger partial charge in [0.15, 0.2) is 0 Å². The Hall–Kier alpha value is -1.51. The summed E-state index contributed by atoms with van der Waals surface area (Å²) in [6, 6.07) is 4.63. The van der Waals surface area contributed by atoms with Crippen LogP contribution in [0.4, 0.5) is 0 Å². The van der Waals surface area contributed by atoms with Crippen LogP contribution < -0.4 is 20.5 Å². The minimum atomic E-state index is -3.14. The van der Waals surface area contributed by atoms with Gasteiger partial charge in [-0.2, -0.15) is 0 Å². The number of carbonyl (C=O) groups excluding carboxylic acids is 1. The minimum absolute atomic E-state index is 0. The molecule has 0 spiro atoms. The van der Waals surface area contributed by atoms with Crippen LogP contribution >= 0.6 is 12.4 Å². The summed E-state index contributed by atoms with van der Waals surface area (Å²) < 4.78 is 33.7. The Balaban J connectivity index is 0.00000364. The standard InChI is InChI=1S/C18H28N2O5S.ClH/c1-24-15-8-7-13(17(11-15)25-14-5-3-4-6-14)12-20-18(21)16(19)9-10-26(2,22)23;/h7-8,11,14,16H,3-6,9-10,12,19H2,1-2H3,(H,20,21);1H. The monoisotopic (exact) mass is 420 g/mol. The first-order chi connectivity index (χ1) is 12.3.